The molecule has 9 heteroatoms. The Bertz CT molecular complexity index is 1090. The molecule has 26 heavy (non-hydrogen) atoms. The van der Waals surface area contributed by atoms with Crippen molar-refractivity contribution in [3.05, 3.63) is 52.8 Å². The number of pyridine rings is 1. The summed E-state index contributed by atoms with van der Waals surface area (Å²) in [5, 5.41) is 14.5. The van der Waals surface area contributed by atoms with Gasteiger partial charge in [-0.25, -0.2) is 17.5 Å². The Hall–Kier alpha value is -2.54. The molecule has 1 aromatic carbocycles. The van der Waals surface area contributed by atoms with Crippen molar-refractivity contribution >= 4 is 38.0 Å². The molecule has 0 bridgehead atoms. The SMILES string of the molecule is Cc1cc(F)cc2c(NCCNS(=O)(=O)c3cccs3)c(C#N)cnc12. The highest BCUT2D eigenvalue weighted by molar-refractivity contribution is 7.91. The van der Waals surface area contributed by atoms with Crippen molar-refractivity contribution in [3.8, 4) is 6.07 Å². The zero-order chi connectivity index (χ0) is 18.7. The van der Waals surface area contributed by atoms with E-state index in [9.17, 15) is 18.1 Å². The van der Waals surface area contributed by atoms with Gasteiger partial charge in [0.05, 0.1) is 16.8 Å². The third-order valence-electron chi connectivity index (χ3n) is 3.73. The molecule has 0 unspecified atom stereocenters. The molecule has 2 heterocycles. The number of anilines is 1. The van der Waals surface area contributed by atoms with E-state index in [1.165, 1.54) is 24.4 Å². The van der Waals surface area contributed by atoms with Gasteiger partial charge < -0.3 is 5.32 Å². The summed E-state index contributed by atoms with van der Waals surface area (Å²) in [5.74, 6) is -0.423. The zero-order valence-corrected chi connectivity index (χ0v) is 15.4. The lowest BCUT2D eigenvalue weighted by atomic mass is 10.1. The van der Waals surface area contributed by atoms with E-state index >= 15 is 0 Å². The number of fused-ring (bicyclic) bond motifs is 1. The highest BCUT2D eigenvalue weighted by Gasteiger charge is 2.15. The molecule has 0 aliphatic rings. The van der Waals surface area contributed by atoms with E-state index in [1.807, 2.05) is 6.07 Å². The molecule has 2 aromatic heterocycles. The normalized spacial score (nSPS) is 11.4. The number of rotatable bonds is 6. The van der Waals surface area contributed by atoms with Gasteiger partial charge >= 0.3 is 0 Å². The Morgan fingerprint density at radius 2 is 2.15 bits per heavy atom. The second-order valence-corrected chi connectivity index (χ2v) is 8.48. The quantitative estimate of drug-likeness (QED) is 0.631. The lowest BCUT2D eigenvalue weighted by Crippen LogP contribution is -2.28. The van der Waals surface area contributed by atoms with E-state index in [0.717, 1.165) is 11.3 Å². The van der Waals surface area contributed by atoms with Gasteiger partial charge in [0, 0.05) is 24.7 Å². The number of nitrogens with zero attached hydrogens (tertiary/aromatic N) is 2. The van der Waals surface area contributed by atoms with Crippen molar-refractivity contribution in [1.29, 1.82) is 5.26 Å². The molecule has 3 rings (SSSR count). The van der Waals surface area contributed by atoms with Crippen LogP contribution in [0.1, 0.15) is 11.1 Å². The first-order valence-electron chi connectivity index (χ1n) is 7.68. The van der Waals surface area contributed by atoms with Gasteiger partial charge in [-0.2, -0.15) is 5.26 Å². The standard InChI is InChI=1S/C17H15FN4O2S2/c1-11-7-13(18)8-14-16(11)21-10-12(9-19)17(14)20-4-5-22-26(23,24)15-3-2-6-25-15/h2-3,6-8,10,22H,4-5H2,1H3,(H,20,21). The predicted molar refractivity (Wildman–Crippen MR) is 99.2 cm³/mol. The summed E-state index contributed by atoms with van der Waals surface area (Å²) >= 11 is 1.13. The first-order chi connectivity index (χ1) is 12.4. The molecule has 0 atom stereocenters. The minimum Gasteiger partial charge on any atom is -0.382 e. The van der Waals surface area contributed by atoms with Gasteiger partial charge in [0.15, 0.2) is 0 Å². The molecule has 0 fully saturated rings. The van der Waals surface area contributed by atoms with Crippen LogP contribution < -0.4 is 10.0 Å². The topological polar surface area (TPSA) is 94.9 Å². The highest BCUT2D eigenvalue weighted by Crippen LogP contribution is 2.28. The number of aryl methyl sites for hydroxylation is 1. The summed E-state index contributed by atoms with van der Waals surface area (Å²) < 4.78 is 40.7. The molecule has 3 aromatic rings. The molecule has 134 valence electrons. The van der Waals surface area contributed by atoms with Crippen molar-refractivity contribution < 1.29 is 12.8 Å². The molecule has 6 nitrogen and oxygen atoms in total. The average Bonchev–Trinajstić information content (AvgIpc) is 3.14. The van der Waals surface area contributed by atoms with Crippen LogP contribution >= 0.6 is 11.3 Å². The molecular weight excluding hydrogens is 375 g/mol. The number of hydrogen-bond acceptors (Lipinski definition) is 6. The van der Waals surface area contributed by atoms with Crippen LogP contribution in [-0.4, -0.2) is 26.5 Å². The first-order valence-corrected chi connectivity index (χ1v) is 10.0. The van der Waals surface area contributed by atoms with Crippen molar-refractivity contribution in [2.75, 3.05) is 18.4 Å². The molecule has 0 spiro atoms. The van der Waals surface area contributed by atoms with Crippen LogP contribution in [0.4, 0.5) is 10.1 Å². The van der Waals surface area contributed by atoms with E-state index < -0.39 is 15.8 Å². The number of benzene rings is 1. The zero-order valence-electron chi connectivity index (χ0n) is 13.8. The van der Waals surface area contributed by atoms with Crippen LogP contribution in [0.2, 0.25) is 0 Å². The van der Waals surface area contributed by atoms with Crippen LogP contribution in [0.3, 0.4) is 0 Å². The Kier molecular flexibility index (Phi) is 5.18. The molecular formula is C17H15FN4O2S2. The summed E-state index contributed by atoms with van der Waals surface area (Å²) in [4.78, 5) is 4.22. The number of nitrogens with one attached hydrogen (secondary N) is 2. The van der Waals surface area contributed by atoms with Crippen LogP contribution in [0, 0.1) is 24.1 Å². The molecule has 0 amide bonds. The van der Waals surface area contributed by atoms with Gasteiger partial charge in [0.2, 0.25) is 10.0 Å². The van der Waals surface area contributed by atoms with Crippen molar-refractivity contribution in [2.24, 2.45) is 0 Å². The van der Waals surface area contributed by atoms with E-state index in [1.54, 1.807) is 18.4 Å². The predicted octanol–water partition coefficient (Wildman–Crippen LogP) is 3.01. The fraction of sp³-hybridized carbons (Fsp3) is 0.176. The van der Waals surface area contributed by atoms with E-state index in [-0.39, 0.29) is 22.9 Å². The Morgan fingerprint density at radius 3 is 2.85 bits per heavy atom. The lowest BCUT2D eigenvalue weighted by Gasteiger charge is -2.13. The maximum atomic E-state index is 13.8. The van der Waals surface area contributed by atoms with Crippen LogP contribution in [-0.2, 0) is 10.0 Å². The van der Waals surface area contributed by atoms with Crippen LogP contribution in [0.15, 0.2) is 40.1 Å². The van der Waals surface area contributed by atoms with E-state index in [0.29, 0.717) is 22.2 Å². The number of thiophene rings is 1. The molecule has 0 aliphatic carbocycles. The molecule has 2 N–H and O–H groups in total. The lowest BCUT2D eigenvalue weighted by molar-refractivity contribution is 0.585. The number of aromatic nitrogens is 1. The molecule has 0 aliphatic heterocycles. The summed E-state index contributed by atoms with van der Waals surface area (Å²) in [6.07, 6.45) is 1.42. The second kappa shape index (κ2) is 7.37. The molecule has 0 radical (unpaired) electrons. The fourth-order valence-corrected chi connectivity index (χ4v) is 4.64. The summed E-state index contributed by atoms with van der Waals surface area (Å²) in [5.41, 5.74) is 1.96. The molecule has 0 saturated heterocycles. The first kappa shape index (κ1) is 18.3. The van der Waals surface area contributed by atoms with Crippen LogP contribution in [0.25, 0.3) is 10.9 Å². The van der Waals surface area contributed by atoms with Gasteiger partial charge in [-0.3, -0.25) is 4.98 Å². The Labute approximate surface area is 154 Å². The monoisotopic (exact) mass is 390 g/mol. The number of halogens is 1. The largest absolute Gasteiger partial charge is 0.382 e. The number of hydrogen-bond donors (Lipinski definition) is 2. The maximum absolute atomic E-state index is 13.8. The summed E-state index contributed by atoms with van der Waals surface area (Å²) in [7, 11) is -3.55. The highest BCUT2D eigenvalue weighted by atomic mass is 32.2. The van der Waals surface area contributed by atoms with E-state index in [2.05, 4.69) is 15.0 Å². The summed E-state index contributed by atoms with van der Waals surface area (Å²) in [6, 6.07) is 7.90. The minimum atomic E-state index is -3.55. The van der Waals surface area contributed by atoms with Gasteiger partial charge in [-0.1, -0.05) is 6.07 Å². The fourth-order valence-electron chi connectivity index (χ4n) is 2.57. The number of nitriles is 1. The van der Waals surface area contributed by atoms with Gasteiger partial charge in [0.25, 0.3) is 0 Å². The Morgan fingerprint density at radius 1 is 1.35 bits per heavy atom. The summed E-state index contributed by atoms with van der Waals surface area (Å²) in [6.45, 7) is 2.08. The van der Waals surface area contributed by atoms with Crippen molar-refractivity contribution in [3.63, 3.8) is 0 Å². The van der Waals surface area contributed by atoms with Crippen LogP contribution in [0.5, 0.6) is 0 Å². The Balaban J connectivity index is 1.80. The van der Waals surface area contributed by atoms with Gasteiger partial charge in [-0.15, -0.1) is 11.3 Å². The van der Waals surface area contributed by atoms with Gasteiger partial charge in [-0.05, 0) is 36.1 Å². The minimum absolute atomic E-state index is 0.114. The molecule has 0 saturated carbocycles. The second-order valence-electron chi connectivity index (χ2n) is 5.53. The van der Waals surface area contributed by atoms with Crippen molar-refractivity contribution in [1.82, 2.24) is 9.71 Å². The average molecular weight is 390 g/mol. The van der Waals surface area contributed by atoms with E-state index in [4.69, 9.17) is 0 Å². The number of sulfonamides is 1. The smallest absolute Gasteiger partial charge is 0.250 e. The van der Waals surface area contributed by atoms with Gasteiger partial charge in [0.1, 0.15) is 16.1 Å². The third kappa shape index (κ3) is 3.67. The third-order valence-corrected chi connectivity index (χ3v) is 6.58. The maximum Gasteiger partial charge on any atom is 0.250 e. The van der Waals surface area contributed by atoms with Crippen molar-refractivity contribution in [2.45, 2.75) is 11.1 Å².